The van der Waals surface area contributed by atoms with Crippen molar-refractivity contribution in [2.45, 2.75) is 31.7 Å². The number of hydrogen-bond acceptors (Lipinski definition) is 3. The van der Waals surface area contributed by atoms with Crippen LogP contribution in [-0.2, 0) is 7.05 Å². The minimum Gasteiger partial charge on any atom is -0.337 e. The Bertz CT molecular complexity index is 415. The lowest BCUT2D eigenvalue weighted by molar-refractivity contribution is 0.0611. The predicted octanol–water partition coefficient (Wildman–Crippen LogP) is 1.01. The number of carbonyl (C=O) groups excluding carboxylic acids is 1. The summed E-state index contributed by atoms with van der Waals surface area (Å²) in [6, 6.07) is 0.270. The number of carbonyl (C=O) groups is 1. The molecule has 1 aliphatic rings. The Morgan fingerprint density at radius 2 is 2.28 bits per heavy atom. The minimum absolute atomic E-state index is 0.0420. The van der Waals surface area contributed by atoms with Gasteiger partial charge in [-0.25, -0.2) is 4.98 Å². The zero-order chi connectivity index (χ0) is 13.1. The van der Waals surface area contributed by atoms with Gasteiger partial charge in [-0.15, -0.1) is 0 Å². The Hall–Kier alpha value is -1.36. The topological polar surface area (TPSA) is 64.2 Å². The van der Waals surface area contributed by atoms with Gasteiger partial charge < -0.3 is 15.2 Å². The predicted molar refractivity (Wildman–Crippen MR) is 70.1 cm³/mol. The van der Waals surface area contributed by atoms with Gasteiger partial charge in [0.2, 0.25) is 0 Å². The summed E-state index contributed by atoms with van der Waals surface area (Å²) in [5.41, 5.74) is 6.46. The van der Waals surface area contributed by atoms with E-state index in [0.29, 0.717) is 18.2 Å². The number of aryl methyl sites for hydroxylation is 1. The van der Waals surface area contributed by atoms with E-state index in [9.17, 15) is 4.79 Å². The molecular formula is C13H22N4O. The molecule has 1 amide bonds. The van der Waals surface area contributed by atoms with E-state index in [1.54, 1.807) is 17.1 Å². The van der Waals surface area contributed by atoms with Crippen LogP contribution in [0.3, 0.4) is 0 Å². The van der Waals surface area contributed by atoms with Crippen LogP contribution in [0, 0.1) is 5.92 Å². The van der Waals surface area contributed by atoms with E-state index in [-0.39, 0.29) is 11.9 Å². The summed E-state index contributed by atoms with van der Waals surface area (Å²) in [5, 5.41) is 0. The fourth-order valence-electron chi connectivity index (χ4n) is 2.87. The number of rotatable bonds is 3. The van der Waals surface area contributed by atoms with Gasteiger partial charge in [0.15, 0.2) is 0 Å². The van der Waals surface area contributed by atoms with Crippen LogP contribution in [0.1, 0.15) is 36.2 Å². The summed E-state index contributed by atoms with van der Waals surface area (Å²) in [6.45, 7) is 0.660. The second-order valence-electron chi connectivity index (χ2n) is 5.15. The van der Waals surface area contributed by atoms with Crippen LogP contribution in [0.4, 0.5) is 0 Å². The highest BCUT2D eigenvalue weighted by atomic mass is 16.2. The molecule has 0 aliphatic heterocycles. The van der Waals surface area contributed by atoms with Gasteiger partial charge in [-0.3, -0.25) is 4.79 Å². The van der Waals surface area contributed by atoms with Crippen LogP contribution in [0.15, 0.2) is 12.5 Å². The molecule has 1 saturated carbocycles. The first-order valence-electron chi connectivity index (χ1n) is 6.58. The van der Waals surface area contributed by atoms with Crippen molar-refractivity contribution >= 4 is 5.91 Å². The van der Waals surface area contributed by atoms with Crippen LogP contribution >= 0.6 is 0 Å². The molecule has 5 nitrogen and oxygen atoms in total. The molecule has 0 spiro atoms. The molecule has 1 aliphatic carbocycles. The van der Waals surface area contributed by atoms with Crippen molar-refractivity contribution in [1.29, 1.82) is 0 Å². The normalized spacial score (nSPS) is 23.9. The summed E-state index contributed by atoms with van der Waals surface area (Å²) in [7, 11) is 3.73. The first kappa shape index (κ1) is 13.1. The second-order valence-corrected chi connectivity index (χ2v) is 5.15. The van der Waals surface area contributed by atoms with Crippen molar-refractivity contribution in [3.8, 4) is 0 Å². The molecular weight excluding hydrogens is 228 g/mol. The zero-order valence-electron chi connectivity index (χ0n) is 11.2. The fraction of sp³-hybridized carbons (Fsp3) is 0.692. The van der Waals surface area contributed by atoms with Crippen molar-refractivity contribution < 1.29 is 4.79 Å². The highest BCUT2D eigenvalue weighted by molar-refractivity contribution is 5.92. The van der Waals surface area contributed by atoms with Gasteiger partial charge in [-0.2, -0.15) is 0 Å². The Labute approximate surface area is 108 Å². The molecule has 1 fully saturated rings. The number of nitrogens with two attached hydrogens (primary N) is 1. The fourth-order valence-corrected chi connectivity index (χ4v) is 2.87. The van der Waals surface area contributed by atoms with Crippen molar-refractivity contribution in [3.05, 3.63) is 18.2 Å². The standard InChI is InChI=1S/C13H22N4O/c1-16-9-15-8-12(16)13(18)17(2)11-6-4-3-5-10(11)7-14/h8-11H,3-7,14H2,1-2H3. The third-order valence-corrected chi connectivity index (χ3v) is 4.03. The maximum absolute atomic E-state index is 12.4. The van der Waals surface area contributed by atoms with Crippen LogP contribution < -0.4 is 5.73 Å². The second kappa shape index (κ2) is 5.52. The molecule has 0 aromatic carbocycles. The molecule has 5 heteroatoms. The van der Waals surface area contributed by atoms with Gasteiger partial charge in [0.25, 0.3) is 5.91 Å². The summed E-state index contributed by atoms with van der Waals surface area (Å²) in [5.74, 6) is 0.473. The quantitative estimate of drug-likeness (QED) is 0.870. The van der Waals surface area contributed by atoms with E-state index >= 15 is 0 Å². The van der Waals surface area contributed by atoms with E-state index in [1.165, 1.54) is 12.8 Å². The van der Waals surface area contributed by atoms with Crippen LogP contribution in [0.5, 0.6) is 0 Å². The molecule has 0 saturated heterocycles. The van der Waals surface area contributed by atoms with Gasteiger partial charge >= 0.3 is 0 Å². The first-order chi connectivity index (χ1) is 8.65. The molecule has 2 unspecified atom stereocenters. The van der Waals surface area contributed by atoms with Crippen molar-refractivity contribution in [2.24, 2.45) is 18.7 Å². The van der Waals surface area contributed by atoms with E-state index in [4.69, 9.17) is 5.73 Å². The van der Waals surface area contributed by atoms with Crippen molar-refractivity contribution in [2.75, 3.05) is 13.6 Å². The zero-order valence-corrected chi connectivity index (χ0v) is 11.2. The summed E-state index contributed by atoms with van der Waals surface area (Å²) < 4.78 is 1.76. The Morgan fingerprint density at radius 3 is 2.89 bits per heavy atom. The van der Waals surface area contributed by atoms with Crippen molar-refractivity contribution in [1.82, 2.24) is 14.5 Å². The molecule has 1 aromatic heterocycles. The largest absolute Gasteiger partial charge is 0.337 e. The summed E-state index contributed by atoms with van der Waals surface area (Å²) >= 11 is 0. The molecule has 1 aromatic rings. The molecule has 1 heterocycles. The Kier molecular flexibility index (Phi) is 4.01. The lowest BCUT2D eigenvalue weighted by Crippen LogP contribution is -2.46. The van der Waals surface area contributed by atoms with E-state index in [1.807, 2.05) is 19.0 Å². The maximum Gasteiger partial charge on any atom is 0.272 e. The number of imidazole rings is 1. The number of aromatic nitrogens is 2. The minimum atomic E-state index is 0.0420. The first-order valence-corrected chi connectivity index (χ1v) is 6.58. The third-order valence-electron chi connectivity index (χ3n) is 4.03. The van der Waals surface area contributed by atoms with Gasteiger partial charge in [-0.05, 0) is 25.3 Å². The van der Waals surface area contributed by atoms with E-state index in [2.05, 4.69) is 4.98 Å². The van der Waals surface area contributed by atoms with Crippen LogP contribution in [0.25, 0.3) is 0 Å². The highest BCUT2D eigenvalue weighted by Crippen LogP contribution is 2.27. The average Bonchev–Trinajstić information content (AvgIpc) is 2.83. The molecule has 18 heavy (non-hydrogen) atoms. The SMILES string of the molecule is CN(C(=O)c1cncn1C)C1CCCCC1CN. The van der Waals surface area contributed by atoms with Crippen LogP contribution in [0.2, 0.25) is 0 Å². The molecule has 2 atom stereocenters. The highest BCUT2D eigenvalue weighted by Gasteiger charge is 2.31. The van der Waals surface area contributed by atoms with E-state index in [0.717, 1.165) is 12.8 Å². The monoisotopic (exact) mass is 250 g/mol. The lowest BCUT2D eigenvalue weighted by Gasteiger charge is -2.37. The van der Waals surface area contributed by atoms with Gasteiger partial charge in [-0.1, -0.05) is 12.8 Å². The smallest absolute Gasteiger partial charge is 0.272 e. The molecule has 0 radical (unpaired) electrons. The number of nitrogens with zero attached hydrogens (tertiary/aromatic N) is 3. The third kappa shape index (κ3) is 2.41. The Morgan fingerprint density at radius 1 is 1.56 bits per heavy atom. The number of hydrogen-bond donors (Lipinski definition) is 1. The molecule has 2 rings (SSSR count). The number of amides is 1. The van der Waals surface area contributed by atoms with Crippen LogP contribution in [-0.4, -0.2) is 40.0 Å². The van der Waals surface area contributed by atoms with Gasteiger partial charge in [0.05, 0.1) is 12.5 Å². The molecule has 2 N–H and O–H groups in total. The maximum atomic E-state index is 12.4. The molecule has 0 bridgehead atoms. The van der Waals surface area contributed by atoms with Gasteiger partial charge in [0.1, 0.15) is 5.69 Å². The summed E-state index contributed by atoms with van der Waals surface area (Å²) in [4.78, 5) is 18.3. The van der Waals surface area contributed by atoms with Gasteiger partial charge in [0, 0.05) is 20.1 Å². The van der Waals surface area contributed by atoms with E-state index < -0.39 is 0 Å². The average molecular weight is 250 g/mol. The molecule has 100 valence electrons. The van der Waals surface area contributed by atoms with Crippen molar-refractivity contribution in [3.63, 3.8) is 0 Å². The Balaban J connectivity index is 2.12. The lowest BCUT2D eigenvalue weighted by atomic mass is 9.83. The summed E-state index contributed by atoms with van der Waals surface area (Å²) in [6.07, 6.45) is 7.88.